The molecule has 2 aromatic rings. The van der Waals surface area contributed by atoms with Crippen LogP contribution in [0.2, 0.25) is 5.02 Å². The van der Waals surface area contributed by atoms with Gasteiger partial charge in [-0.3, -0.25) is 0 Å². The molecule has 0 aliphatic heterocycles. The van der Waals surface area contributed by atoms with Crippen molar-refractivity contribution in [3.63, 3.8) is 0 Å². The standard InChI is InChI=1S/C14H11ClO2S/c15-11-7-4-8-12(13(11)14(16)17)18-9-10-5-2-1-3-6-10/h1-8H,9H2,(H,16,17). The normalized spacial score (nSPS) is 10.3. The Morgan fingerprint density at radius 3 is 2.50 bits per heavy atom. The van der Waals surface area contributed by atoms with Crippen molar-refractivity contribution < 1.29 is 9.90 Å². The van der Waals surface area contributed by atoms with Gasteiger partial charge in [-0.25, -0.2) is 4.79 Å². The van der Waals surface area contributed by atoms with Gasteiger partial charge in [0, 0.05) is 10.6 Å². The summed E-state index contributed by atoms with van der Waals surface area (Å²) >= 11 is 7.39. The molecule has 0 fully saturated rings. The fraction of sp³-hybridized carbons (Fsp3) is 0.0714. The van der Waals surface area contributed by atoms with Gasteiger partial charge in [-0.15, -0.1) is 11.8 Å². The molecule has 0 atom stereocenters. The van der Waals surface area contributed by atoms with Crippen molar-refractivity contribution in [1.82, 2.24) is 0 Å². The van der Waals surface area contributed by atoms with Crippen molar-refractivity contribution >= 4 is 29.3 Å². The SMILES string of the molecule is O=C(O)c1c(Cl)cccc1SCc1ccccc1. The predicted octanol–water partition coefficient (Wildman–Crippen LogP) is 4.33. The third-order valence-electron chi connectivity index (χ3n) is 2.43. The Kier molecular flexibility index (Phi) is 4.28. The molecule has 0 amide bonds. The van der Waals surface area contributed by atoms with Crippen molar-refractivity contribution in [2.45, 2.75) is 10.6 Å². The van der Waals surface area contributed by atoms with E-state index in [9.17, 15) is 4.79 Å². The van der Waals surface area contributed by atoms with Gasteiger partial charge in [-0.05, 0) is 17.7 Å². The van der Waals surface area contributed by atoms with E-state index in [-0.39, 0.29) is 10.6 Å². The summed E-state index contributed by atoms with van der Waals surface area (Å²) in [6.07, 6.45) is 0. The van der Waals surface area contributed by atoms with Crippen LogP contribution in [0.4, 0.5) is 0 Å². The molecule has 18 heavy (non-hydrogen) atoms. The van der Waals surface area contributed by atoms with E-state index in [0.29, 0.717) is 4.90 Å². The zero-order valence-electron chi connectivity index (χ0n) is 9.47. The fourth-order valence-corrected chi connectivity index (χ4v) is 2.91. The largest absolute Gasteiger partial charge is 0.478 e. The Balaban J connectivity index is 2.20. The number of thioether (sulfide) groups is 1. The summed E-state index contributed by atoms with van der Waals surface area (Å²) < 4.78 is 0. The van der Waals surface area contributed by atoms with Crippen LogP contribution in [-0.2, 0) is 5.75 Å². The molecule has 2 rings (SSSR count). The van der Waals surface area contributed by atoms with E-state index in [0.717, 1.165) is 11.3 Å². The summed E-state index contributed by atoms with van der Waals surface area (Å²) in [6, 6.07) is 15.0. The molecular weight excluding hydrogens is 268 g/mol. The van der Waals surface area contributed by atoms with Gasteiger partial charge in [0.1, 0.15) is 0 Å². The lowest BCUT2D eigenvalue weighted by atomic mass is 10.2. The lowest BCUT2D eigenvalue weighted by Gasteiger charge is -2.07. The van der Waals surface area contributed by atoms with Crippen LogP contribution in [0.1, 0.15) is 15.9 Å². The van der Waals surface area contributed by atoms with E-state index in [4.69, 9.17) is 16.7 Å². The Labute approximate surface area is 115 Å². The summed E-state index contributed by atoms with van der Waals surface area (Å²) in [5.41, 5.74) is 1.33. The van der Waals surface area contributed by atoms with Crippen molar-refractivity contribution in [1.29, 1.82) is 0 Å². The monoisotopic (exact) mass is 278 g/mol. The number of rotatable bonds is 4. The molecule has 4 heteroatoms. The number of carbonyl (C=O) groups is 1. The molecule has 0 saturated carbocycles. The highest BCUT2D eigenvalue weighted by Crippen LogP contribution is 2.30. The van der Waals surface area contributed by atoms with E-state index < -0.39 is 5.97 Å². The summed E-state index contributed by atoms with van der Waals surface area (Å²) in [6.45, 7) is 0. The first-order valence-corrected chi connectivity index (χ1v) is 6.73. The van der Waals surface area contributed by atoms with Crippen molar-refractivity contribution in [2.75, 3.05) is 0 Å². The molecule has 2 nitrogen and oxygen atoms in total. The Morgan fingerprint density at radius 2 is 1.83 bits per heavy atom. The van der Waals surface area contributed by atoms with Crippen LogP contribution >= 0.6 is 23.4 Å². The predicted molar refractivity (Wildman–Crippen MR) is 74.4 cm³/mol. The number of carboxylic acid groups (broad SMARTS) is 1. The third-order valence-corrected chi connectivity index (χ3v) is 3.87. The maximum atomic E-state index is 11.2. The van der Waals surface area contributed by atoms with Crippen LogP contribution in [0, 0.1) is 0 Å². The van der Waals surface area contributed by atoms with Crippen LogP contribution < -0.4 is 0 Å². The first kappa shape index (κ1) is 13.0. The maximum absolute atomic E-state index is 11.2. The van der Waals surface area contributed by atoms with Crippen molar-refractivity contribution in [3.05, 3.63) is 64.7 Å². The third kappa shape index (κ3) is 3.06. The average molecular weight is 279 g/mol. The first-order valence-electron chi connectivity index (χ1n) is 5.37. The fourth-order valence-electron chi connectivity index (χ4n) is 1.57. The highest BCUT2D eigenvalue weighted by molar-refractivity contribution is 7.98. The zero-order chi connectivity index (χ0) is 13.0. The summed E-state index contributed by atoms with van der Waals surface area (Å²) in [5, 5.41) is 9.42. The van der Waals surface area contributed by atoms with Crippen LogP contribution in [0.25, 0.3) is 0 Å². The molecule has 0 aliphatic rings. The van der Waals surface area contributed by atoms with Crippen LogP contribution in [0.3, 0.4) is 0 Å². The molecule has 0 bridgehead atoms. The van der Waals surface area contributed by atoms with Gasteiger partial charge in [0.05, 0.1) is 10.6 Å². The second kappa shape index (κ2) is 5.94. The quantitative estimate of drug-likeness (QED) is 0.846. The molecule has 0 spiro atoms. The van der Waals surface area contributed by atoms with E-state index in [1.165, 1.54) is 11.8 Å². The Bertz CT molecular complexity index is 555. The zero-order valence-corrected chi connectivity index (χ0v) is 11.0. The van der Waals surface area contributed by atoms with Crippen molar-refractivity contribution in [3.8, 4) is 0 Å². The first-order chi connectivity index (χ1) is 8.68. The second-order valence-corrected chi connectivity index (χ2v) is 5.12. The number of halogens is 1. The van der Waals surface area contributed by atoms with E-state index in [1.807, 2.05) is 30.3 Å². The summed E-state index contributed by atoms with van der Waals surface area (Å²) in [5.74, 6) is -0.266. The van der Waals surface area contributed by atoms with Crippen LogP contribution in [0.5, 0.6) is 0 Å². The second-order valence-electron chi connectivity index (χ2n) is 3.69. The van der Waals surface area contributed by atoms with Gasteiger partial charge in [-0.2, -0.15) is 0 Å². The van der Waals surface area contributed by atoms with E-state index in [1.54, 1.807) is 18.2 Å². The number of hydrogen-bond donors (Lipinski definition) is 1. The number of carboxylic acids is 1. The molecule has 0 unspecified atom stereocenters. The molecule has 0 aromatic heterocycles. The summed E-state index contributed by atoms with van der Waals surface area (Å²) in [4.78, 5) is 11.8. The minimum Gasteiger partial charge on any atom is -0.478 e. The van der Waals surface area contributed by atoms with Gasteiger partial charge in [-0.1, -0.05) is 48.0 Å². The molecule has 0 heterocycles. The topological polar surface area (TPSA) is 37.3 Å². The molecule has 92 valence electrons. The molecule has 1 N–H and O–H groups in total. The Morgan fingerprint density at radius 1 is 1.11 bits per heavy atom. The number of benzene rings is 2. The highest BCUT2D eigenvalue weighted by Gasteiger charge is 2.14. The smallest absolute Gasteiger partial charge is 0.338 e. The van der Waals surface area contributed by atoms with Gasteiger partial charge in [0.15, 0.2) is 0 Å². The van der Waals surface area contributed by atoms with Gasteiger partial charge >= 0.3 is 5.97 Å². The highest BCUT2D eigenvalue weighted by atomic mass is 35.5. The molecule has 2 aromatic carbocycles. The van der Waals surface area contributed by atoms with Crippen molar-refractivity contribution in [2.24, 2.45) is 0 Å². The van der Waals surface area contributed by atoms with E-state index >= 15 is 0 Å². The van der Waals surface area contributed by atoms with E-state index in [2.05, 4.69) is 0 Å². The molecule has 0 saturated heterocycles. The van der Waals surface area contributed by atoms with Crippen LogP contribution in [-0.4, -0.2) is 11.1 Å². The minimum atomic E-state index is -0.990. The lowest BCUT2D eigenvalue weighted by Crippen LogP contribution is -2.00. The molecule has 0 radical (unpaired) electrons. The molecular formula is C14H11ClO2S. The average Bonchev–Trinajstić information content (AvgIpc) is 2.37. The van der Waals surface area contributed by atoms with Gasteiger partial charge in [0.2, 0.25) is 0 Å². The van der Waals surface area contributed by atoms with Gasteiger partial charge < -0.3 is 5.11 Å². The minimum absolute atomic E-state index is 0.181. The molecule has 0 aliphatic carbocycles. The number of aromatic carboxylic acids is 1. The Hall–Kier alpha value is -1.45. The van der Waals surface area contributed by atoms with Gasteiger partial charge in [0.25, 0.3) is 0 Å². The number of hydrogen-bond acceptors (Lipinski definition) is 2. The van der Waals surface area contributed by atoms with Crippen LogP contribution in [0.15, 0.2) is 53.4 Å². The maximum Gasteiger partial charge on any atom is 0.338 e. The lowest BCUT2D eigenvalue weighted by molar-refractivity contribution is 0.0693. The summed E-state index contributed by atoms with van der Waals surface area (Å²) in [7, 11) is 0.